The van der Waals surface area contributed by atoms with E-state index in [0.717, 1.165) is 49.7 Å². The average Bonchev–Trinajstić information content (AvgIpc) is 3.14. The number of nitrogens with zero attached hydrogens (tertiary/aromatic N) is 1. The number of unbranched alkanes of at least 4 members (excludes halogenated alkanes) is 3. The molecule has 2 aromatic rings. The molecule has 2 aromatic carbocycles. The van der Waals surface area contributed by atoms with E-state index in [2.05, 4.69) is 33.5 Å². The third kappa shape index (κ3) is 8.61. The molecule has 0 atom stereocenters. The van der Waals surface area contributed by atoms with Crippen LogP contribution in [0.4, 0.5) is 5.69 Å². The zero-order valence-electron chi connectivity index (χ0n) is 20.3. The normalized spacial score (nSPS) is 13.6. The highest BCUT2D eigenvalue weighted by atomic mass is 79.9. The lowest BCUT2D eigenvalue weighted by Crippen LogP contribution is -2.34. The summed E-state index contributed by atoms with van der Waals surface area (Å²) in [5.74, 6) is 0.243. The lowest BCUT2D eigenvalue weighted by atomic mass is 10.1. The third-order valence-corrected chi connectivity index (χ3v) is 6.65. The lowest BCUT2D eigenvalue weighted by Gasteiger charge is -2.20. The van der Waals surface area contributed by atoms with Crippen LogP contribution in [0.25, 0.3) is 0 Å². The van der Waals surface area contributed by atoms with E-state index in [1.165, 1.54) is 19.3 Å². The predicted molar refractivity (Wildman–Crippen MR) is 148 cm³/mol. The molecular formula is C27H34BrN3O3S. The zero-order valence-corrected chi connectivity index (χ0v) is 22.7. The van der Waals surface area contributed by atoms with Gasteiger partial charge in [0.2, 0.25) is 0 Å². The quantitative estimate of drug-likeness (QED) is 0.269. The fraction of sp³-hybridized carbons (Fsp3) is 0.444. The first kappa shape index (κ1) is 27.1. The van der Waals surface area contributed by atoms with Crippen LogP contribution in [0.1, 0.15) is 79.0 Å². The van der Waals surface area contributed by atoms with E-state index in [-0.39, 0.29) is 16.9 Å². The van der Waals surface area contributed by atoms with Crippen LogP contribution in [-0.2, 0) is 0 Å². The van der Waals surface area contributed by atoms with Gasteiger partial charge in [-0.2, -0.15) is 0 Å². The van der Waals surface area contributed by atoms with Crippen LogP contribution >= 0.6 is 28.1 Å². The van der Waals surface area contributed by atoms with Crippen molar-refractivity contribution in [1.29, 1.82) is 0 Å². The van der Waals surface area contributed by atoms with Crippen molar-refractivity contribution in [3.63, 3.8) is 0 Å². The molecule has 0 unspecified atom stereocenters. The van der Waals surface area contributed by atoms with Gasteiger partial charge in [0.1, 0.15) is 5.75 Å². The van der Waals surface area contributed by atoms with Crippen molar-refractivity contribution in [1.82, 2.24) is 10.2 Å². The summed E-state index contributed by atoms with van der Waals surface area (Å²) in [5, 5.41) is 5.92. The van der Waals surface area contributed by atoms with Gasteiger partial charge in [0.15, 0.2) is 5.11 Å². The van der Waals surface area contributed by atoms with Gasteiger partial charge in [0.05, 0.1) is 12.2 Å². The molecule has 3 rings (SSSR count). The van der Waals surface area contributed by atoms with Gasteiger partial charge in [-0.3, -0.25) is 14.9 Å². The highest BCUT2D eigenvalue weighted by molar-refractivity contribution is 9.10. The Morgan fingerprint density at radius 3 is 2.40 bits per heavy atom. The van der Waals surface area contributed by atoms with Crippen molar-refractivity contribution < 1.29 is 14.3 Å². The molecule has 1 aliphatic rings. The Morgan fingerprint density at radius 2 is 1.71 bits per heavy atom. The van der Waals surface area contributed by atoms with Crippen LogP contribution in [0.5, 0.6) is 5.75 Å². The van der Waals surface area contributed by atoms with E-state index in [1.807, 2.05) is 11.0 Å². The summed E-state index contributed by atoms with van der Waals surface area (Å²) in [6.45, 7) is 4.36. The topological polar surface area (TPSA) is 70.7 Å². The fourth-order valence-corrected chi connectivity index (χ4v) is 4.57. The first-order chi connectivity index (χ1) is 17.0. The highest BCUT2D eigenvalue weighted by Gasteiger charge is 2.18. The van der Waals surface area contributed by atoms with Crippen LogP contribution in [0.2, 0.25) is 0 Å². The molecular weight excluding hydrogens is 526 g/mol. The molecule has 0 aliphatic carbocycles. The molecule has 1 fully saturated rings. The number of carbonyl (C=O) groups is 2. The molecule has 188 valence electrons. The van der Waals surface area contributed by atoms with Crippen molar-refractivity contribution in [2.45, 2.75) is 58.3 Å². The largest absolute Gasteiger partial charge is 0.493 e. The minimum atomic E-state index is -0.347. The molecule has 8 heteroatoms. The number of halogens is 1. The van der Waals surface area contributed by atoms with E-state index in [0.29, 0.717) is 29.2 Å². The van der Waals surface area contributed by atoms with Crippen molar-refractivity contribution in [3.05, 3.63) is 58.1 Å². The number of anilines is 1. The monoisotopic (exact) mass is 559 g/mol. The number of carbonyl (C=O) groups excluding carboxylic acids is 2. The van der Waals surface area contributed by atoms with Crippen molar-refractivity contribution >= 4 is 50.8 Å². The number of benzene rings is 2. The number of ether oxygens (including phenoxy) is 1. The molecule has 0 spiro atoms. The summed E-state index contributed by atoms with van der Waals surface area (Å²) in [4.78, 5) is 27.6. The minimum absolute atomic E-state index is 0.0613. The van der Waals surface area contributed by atoms with Crippen molar-refractivity contribution in [2.75, 3.05) is 25.0 Å². The summed E-state index contributed by atoms with van der Waals surface area (Å²) >= 11 is 8.78. The van der Waals surface area contributed by atoms with E-state index in [1.54, 1.807) is 36.4 Å². The summed E-state index contributed by atoms with van der Waals surface area (Å²) < 4.78 is 6.65. The second-order valence-corrected chi connectivity index (χ2v) is 10.1. The number of hydrogen-bond donors (Lipinski definition) is 2. The van der Waals surface area contributed by atoms with Crippen LogP contribution in [0.15, 0.2) is 46.9 Å². The van der Waals surface area contributed by atoms with Gasteiger partial charge in [-0.15, -0.1) is 0 Å². The van der Waals surface area contributed by atoms with Crippen molar-refractivity contribution in [3.8, 4) is 5.75 Å². The lowest BCUT2D eigenvalue weighted by molar-refractivity contribution is 0.0761. The Labute approximate surface area is 221 Å². The van der Waals surface area contributed by atoms with Gasteiger partial charge in [0.25, 0.3) is 11.8 Å². The molecule has 1 heterocycles. The van der Waals surface area contributed by atoms with Crippen LogP contribution in [0, 0.1) is 0 Å². The molecule has 1 saturated heterocycles. The SMILES string of the molecule is CCCCCCOc1ccc(Br)cc1C(=O)NC(=S)Nc1ccc(C(=O)N2CCCCCC2)cc1. The number of nitrogens with one attached hydrogen (secondary N) is 2. The molecule has 0 radical (unpaired) electrons. The summed E-state index contributed by atoms with van der Waals surface area (Å²) in [5.41, 5.74) is 1.77. The van der Waals surface area contributed by atoms with Gasteiger partial charge in [-0.25, -0.2) is 0 Å². The number of rotatable bonds is 9. The van der Waals surface area contributed by atoms with E-state index < -0.39 is 0 Å². The van der Waals surface area contributed by atoms with Gasteiger partial charge >= 0.3 is 0 Å². The third-order valence-electron chi connectivity index (χ3n) is 5.95. The number of thiocarbonyl (C=S) groups is 1. The standard InChI is InChI=1S/C27H34BrN3O3S/c1-2-3-4-9-18-34-24-15-12-21(28)19-23(24)25(32)30-27(35)29-22-13-10-20(11-14-22)26(33)31-16-7-5-6-8-17-31/h10-15,19H,2-9,16-18H2,1H3,(H2,29,30,32,35). The van der Waals surface area contributed by atoms with Gasteiger partial charge in [-0.05, 0) is 73.9 Å². The molecule has 0 bridgehead atoms. The van der Waals surface area contributed by atoms with Gasteiger partial charge in [-0.1, -0.05) is 55.0 Å². The molecule has 2 N–H and O–H groups in total. The first-order valence-corrected chi connectivity index (χ1v) is 13.6. The molecule has 35 heavy (non-hydrogen) atoms. The van der Waals surface area contributed by atoms with Crippen LogP contribution < -0.4 is 15.4 Å². The van der Waals surface area contributed by atoms with E-state index >= 15 is 0 Å². The zero-order chi connectivity index (χ0) is 25.0. The molecule has 2 amide bonds. The Balaban J connectivity index is 1.56. The molecule has 0 saturated carbocycles. The Morgan fingerprint density at radius 1 is 1.00 bits per heavy atom. The summed E-state index contributed by atoms with van der Waals surface area (Å²) in [7, 11) is 0. The van der Waals surface area contributed by atoms with Crippen LogP contribution in [-0.4, -0.2) is 41.5 Å². The van der Waals surface area contributed by atoms with Crippen LogP contribution in [0.3, 0.4) is 0 Å². The maximum Gasteiger partial charge on any atom is 0.261 e. The number of amides is 2. The van der Waals surface area contributed by atoms with Gasteiger partial charge in [0, 0.05) is 28.8 Å². The Bertz CT molecular complexity index is 1010. The predicted octanol–water partition coefficient (Wildman–Crippen LogP) is 6.55. The second-order valence-electron chi connectivity index (χ2n) is 8.74. The Hall–Kier alpha value is -2.45. The smallest absolute Gasteiger partial charge is 0.261 e. The molecule has 0 aromatic heterocycles. The highest BCUT2D eigenvalue weighted by Crippen LogP contribution is 2.24. The maximum atomic E-state index is 12.9. The Kier molecular flexibility index (Phi) is 11.0. The fourth-order valence-electron chi connectivity index (χ4n) is 4.00. The van der Waals surface area contributed by atoms with Crippen molar-refractivity contribution in [2.24, 2.45) is 0 Å². The van der Waals surface area contributed by atoms with Gasteiger partial charge < -0.3 is 15.0 Å². The average molecular weight is 561 g/mol. The summed E-state index contributed by atoms with van der Waals surface area (Å²) in [6, 6.07) is 12.5. The number of likely N-dealkylation sites (tertiary alicyclic amines) is 1. The molecule has 1 aliphatic heterocycles. The molecule has 6 nitrogen and oxygen atoms in total. The number of hydrogen-bond acceptors (Lipinski definition) is 4. The first-order valence-electron chi connectivity index (χ1n) is 12.4. The summed E-state index contributed by atoms with van der Waals surface area (Å²) in [6.07, 6.45) is 8.86. The van der Waals surface area contributed by atoms with E-state index in [4.69, 9.17) is 17.0 Å². The van der Waals surface area contributed by atoms with E-state index in [9.17, 15) is 9.59 Å². The maximum absolute atomic E-state index is 12.9. The minimum Gasteiger partial charge on any atom is -0.493 e. The second kappa shape index (κ2) is 14.2.